The number of hydrogen-bond acceptors (Lipinski definition) is 7. The summed E-state index contributed by atoms with van der Waals surface area (Å²) in [4.78, 5) is 13.8. The van der Waals surface area contributed by atoms with Crippen molar-refractivity contribution >= 4 is 5.91 Å². The summed E-state index contributed by atoms with van der Waals surface area (Å²) in [6.45, 7) is 6.26. The molecule has 0 heterocycles. The lowest BCUT2D eigenvalue weighted by atomic mass is 10.0. The first-order valence-corrected chi connectivity index (χ1v) is 7.22. The molecule has 0 aromatic carbocycles. The van der Waals surface area contributed by atoms with Gasteiger partial charge in [-0.2, -0.15) is 0 Å². The van der Waals surface area contributed by atoms with Crippen LogP contribution in [0, 0.1) is 0 Å². The van der Waals surface area contributed by atoms with Gasteiger partial charge in [0.25, 0.3) is 5.91 Å². The van der Waals surface area contributed by atoms with Crippen LogP contribution < -0.4 is 5.32 Å². The van der Waals surface area contributed by atoms with Crippen LogP contribution in [-0.4, -0.2) is 93.5 Å². The van der Waals surface area contributed by atoms with E-state index < -0.39 is 36.9 Å². The molecular weight excluding hydrogens is 280 g/mol. The van der Waals surface area contributed by atoms with Crippen molar-refractivity contribution in [2.24, 2.45) is 0 Å². The normalized spacial score (nSPS) is 17.3. The topological polar surface area (TPSA) is 133 Å². The van der Waals surface area contributed by atoms with Crippen molar-refractivity contribution in [3.63, 3.8) is 0 Å². The Morgan fingerprint density at radius 2 is 1.67 bits per heavy atom. The molecule has 8 nitrogen and oxygen atoms in total. The summed E-state index contributed by atoms with van der Waals surface area (Å²) < 4.78 is 0. The van der Waals surface area contributed by atoms with Gasteiger partial charge in [-0.3, -0.25) is 4.79 Å². The average molecular weight is 308 g/mol. The summed E-state index contributed by atoms with van der Waals surface area (Å²) in [6, 6.07) is 0. The van der Waals surface area contributed by atoms with Gasteiger partial charge in [-0.25, -0.2) is 0 Å². The molecule has 4 atom stereocenters. The molecule has 6 N–H and O–H groups in total. The summed E-state index contributed by atoms with van der Waals surface area (Å²) in [5.41, 5.74) is 0. The van der Waals surface area contributed by atoms with Crippen LogP contribution in [0.3, 0.4) is 0 Å². The minimum atomic E-state index is -1.87. The van der Waals surface area contributed by atoms with Gasteiger partial charge in [0.2, 0.25) is 0 Å². The van der Waals surface area contributed by atoms with Crippen molar-refractivity contribution in [1.82, 2.24) is 10.2 Å². The predicted molar refractivity (Wildman–Crippen MR) is 76.5 cm³/mol. The monoisotopic (exact) mass is 308 g/mol. The molecule has 0 radical (unpaired) electrons. The highest BCUT2D eigenvalue weighted by molar-refractivity contribution is 5.81. The predicted octanol–water partition coefficient (Wildman–Crippen LogP) is -2.73. The highest BCUT2D eigenvalue weighted by Gasteiger charge is 2.33. The molecule has 0 aliphatic heterocycles. The van der Waals surface area contributed by atoms with E-state index in [1.54, 1.807) is 0 Å². The van der Waals surface area contributed by atoms with Gasteiger partial charge in [0.1, 0.15) is 18.3 Å². The molecule has 0 rings (SSSR count). The Morgan fingerprint density at radius 1 is 1.10 bits per heavy atom. The standard InChI is InChI=1S/C13H28N2O6/c1-3-15(4-2)7-5-6-14-13(21)12(20)11(19)10(18)9(17)8-16/h9-12,16-20H,3-8H2,1-2H3,(H,14,21)/t9-,10-,11+,12-/m1/s1. The van der Waals surface area contributed by atoms with Crippen LogP contribution in [0.5, 0.6) is 0 Å². The fourth-order valence-corrected chi connectivity index (χ4v) is 1.84. The number of rotatable bonds is 11. The van der Waals surface area contributed by atoms with Crippen molar-refractivity contribution in [1.29, 1.82) is 0 Å². The second kappa shape index (κ2) is 10.9. The smallest absolute Gasteiger partial charge is 0.251 e. The maximum atomic E-state index is 11.6. The van der Waals surface area contributed by atoms with Gasteiger partial charge in [-0.1, -0.05) is 13.8 Å². The molecule has 0 aliphatic carbocycles. The molecule has 0 bridgehead atoms. The van der Waals surface area contributed by atoms with E-state index in [1.165, 1.54) is 0 Å². The van der Waals surface area contributed by atoms with Crippen molar-refractivity contribution in [2.75, 3.05) is 32.8 Å². The van der Waals surface area contributed by atoms with Gasteiger partial charge in [0, 0.05) is 6.54 Å². The fourth-order valence-electron chi connectivity index (χ4n) is 1.84. The zero-order valence-electron chi connectivity index (χ0n) is 12.6. The van der Waals surface area contributed by atoms with Gasteiger partial charge in [0.05, 0.1) is 6.61 Å². The van der Waals surface area contributed by atoms with E-state index in [0.717, 1.165) is 19.6 Å². The third kappa shape index (κ3) is 7.16. The Kier molecular flexibility index (Phi) is 10.5. The molecule has 0 aromatic heterocycles. The van der Waals surface area contributed by atoms with E-state index in [1.807, 2.05) is 13.8 Å². The second-order valence-corrected chi connectivity index (χ2v) is 4.85. The maximum absolute atomic E-state index is 11.6. The van der Waals surface area contributed by atoms with E-state index in [0.29, 0.717) is 13.0 Å². The molecule has 0 spiro atoms. The molecule has 0 fully saturated rings. The molecule has 21 heavy (non-hydrogen) atoms. The highest BCUT2D eigenvalue weighted by atomic mass is 16.4. The summed E-state index contributed by atoms with van der Waals surface area (Å²) >= 11 is 0. The molecule has 126 valence electrons. The third-order valence-electron chi connectivity index (χ3n) is 3.37. The summed E-state index contributed by atoms with van der Waals surface area (Å²) in [5.74, 6) is -0.828. The van der Waals surface area contributed by atoms with E-state index in [9.17, 15) is 20.1 Å². The van der Waals surface area contributed by atoms with Gasteiger partial charge < -0.3 is 35.7 Å². The maximum Gasteiger partial charge on any atom is 0.251 e. The molecule has 8 heteroatoms. The number of hydrogen-bond donors (Lipinski definition) is 6. The minimum Gasteiger partial charge on any atom is -0.394 e. The van der Waals surface area contributed by atoms with Crippen LogP contribution in [0.15, 0.2) is 0 Å². The van der Waals surface area contributed by atoms with E-state index in [-0.39, 0.29) is 0 Å². The van der Waals surface area contributed by atoms with Crippen LogP contribution in [0.2, 0.25) is 0 Å². The van der Waals surface area contributed by atoms with Crippen molar-refractivity contribution in [3.05, 3.63) is 0 Å². The highest BCUT2D eigenvalue weighted by Crippen LogP contribution is 2.05. The zero-order valence-corrected chi connectivity index (χ0v) is 12.6. The number of aliphatic hydroxyl groups is 5. The molecular formula is C13H28N2O6. The second-order valence-electron chi connectivity index (χ2n) is 4.85. The lowest BCUT2D eigenvalue weighted by Gasteiger charge is -2.25. The van der Waals surface area contributed by atoms with Crippen LogP contribution in [0.1, 0.15) is 20.3 Å². The first kappa shape index (κ1) is 20.2. The van der Waals surface area contributed by atoms with Gasteiger partial charge in [-0.05, 0) is 26.1 Å². The van der Waals surface area contributed by atoms with Crippen molar-refractivity contribution in [3.8, 4) is 0 Å². The van der Waals surface area contributed by atoms with E-state index in [4.69, 9.17) is 10.2 Å². The number of amides is 1. The molecule has 1 amide bonds. The first-order chi connectivity index (χ1) is 9.88. The summed E-state index contributed by atoms with van der Waals surface area (Å²) in [6.07, 6.45) is -6.46. The number of carbonyl (C=O) groups is 1. The van der Waals surface area contributed by atoms with Gasteiger partial charge in [0.15, 0.2) is 6.10 Å². The SMILES string of the molecule is CCN(CC)CCCNC(=O)[C@H](O)[C@@H](O)[C@H](O)[C@H](O)CO. The van der Waals surface area contributed by atoms with Crippen molar-refractivity contribution in [2.45, 2.75) is 44.7 Å². The Morgan fingerprint density at radius 3 is 2.14 bits per heavy atom. The Hall–Kier alpha value is -0.770. The lowest BCUT2D eigenvalue weighted by molar-refractivity contribution is -0.148. The largest absolute Gasteiger partial charge is 0.394 e. The molecule has 0 saturated heterocycles. The van der Waals surface area contributed by atoms with E-state index >= 15 is 0 Å². The zero-order chi connectivity index (χ0) is 16.4. The third-order valence-corrected chi connectivity index (χ3v) is 3.37. The Labute approximate surface area is 125 Å². The average Bonchev–Trinajstić information content (AvgIpc) is 2.51. The van der Waals surface area contributed by atoms with Gasteiger partial charge in [-0.15, -0.1) is 0 Å². The fraction of sp³-hybridized carbons (Fsp3) is 0.923. The Bertz CT molecular complexity index is 288. The molecule has 0 saturated carbocycles. The van der Waals surface area contributed by atoms with Crippen LogP contribution in [0.25, 0.3) is 0 Å². The van der Waals surface area contributed by atoms with Crippen molar-refractivity contribution < 1.29 is 30.3 Å². The number of nitrogens with zero attached hydrogens (tertiary/aromatic N) is 1. The summed E-state index contributed by atoms with van der Waals surface area (Å²) in [7, 11) is 0. The minimum absolute atomic E-state index is 0.331. The van der Waals surface area contributed by atoms with Crippen LogP contribution in [0.4, 0.5) is 0 Å². The number of carbonyl (C=O) groups excluding carboxylic acids is 1. The lowest BCUT2D eigenvalue weighted by Crippen LogP contribution is -2.51. The summed E-state index contributed by atoms with van der Waals surface area (Å²) in [5, 5.41) is 48.8. The van der Waals surface area contributed by atoms with Gasteiger partial charge >= 0.3 is 0 Å². The quantitative estimate of drug-likeness (QED) is 0.228. The first-order valence-electron chi connectivity index (χ1n) is 7.22. The van der Waals surface area contributed by atoms with Crippen LogP contribution >= 0.6 is 0 Å². The van der Waals surface area contributed by atoms with E-state index in [2.05, 4.69) is 10.2 Å². The molecule has 0 aliphatic rings. The van der Waals surface area contributed by atoms with Crippen LogP contribution in [-0.2, 0) is 4.79 Å². The molecule has 0 aromatic rings. The molecule has 0 unspecified atom stereocenters. The number of nitrogens with one attached hydrogen (secondary N) is 1. The number of aliphatic hydroxyl groups excluding tert-OH is 5. The Balaban J connectivity index is 4.10.